The summed E-state index contributed by atoms with van der Waals surface area (Å²) in [7, 11) is 0. The van der Waals surface area contributed by atoms with Crippen molar-refractivity contribution in [3.05, 3.63) is 0 Å². The molecule has 5 N–H and O–H groups in total. The van der Waals surface area contributed by atoms with Gasteiger partial charge >= 0.3 is 5.97 Å². The Morgan fingerprint density at radius 2 is 2.16 bits per heavy atom. The van der Waals surface area contributed by atoms with Crippen molar-refractivity contribution in [2.45, 2.75) is 43.4 Å². The van der Waals surface area contributed by atoms with E-state index in [2.05, 4.69) is 5.32 Å². The first kappa shape index (κ1) is 16.7. The molecule has 112 valence electrons. The van der Waals surface area contributed by atoms with Gasteiger partial charge in [-0.25, -0.2) is 0 Å². The summed E-state index contributed by atoms with van der Waals surface area (Å²) in [6.45, 7) is 1.29. The normalized spacial score (nSPS) is 37.0. The smallest absolute Gasteiger partial charge is 0.320 e. The molecule has 1 heterocycles. The summed E-state index contributed by atoms with van der Waals surface area (Å²) in [6, 6.07) is -0.894. The van der Waals surface area contributed by atoms with Gasteiger partial charge in [0, 0.05) is 0 Å². The Bertz CT molecular complexity index is 318. The van der Waals surface area contributed by atoms with Crippen LogP contribution in [-0.2, 0) is 9.53 Å². The molecule has 0 aliphatic carbocycles. The van der Waals surface area contributed by atoms with Gasteiger partial charge in [0.15, 0.2) is 0 Å². The monoisotopic (exact) mass is 295 g/mol. The molecule has 1 aliphatic rings. The Hall–Kier alpha value is -0.380. The van der Waals surface area contributed by atoms with E-state index in [-0.39, 0.29) is 6.61 Å². The first-order valence-corrected chi connectivity index (χ1v) is 7.39. The van der Waals surface area contributed by atoms with Crippen molar-refractivity contribution in [3.63, 3.8) is 0 Å². The topological polar surface area (TPSA) is 119 Å². The molecule has 1 aliphatic heterocycles. The number of rotatable bonds is 6. The van der Waals surface area contributed by atoms with Crippen LogP contribution in [0, 0.1) is 0 Å². The average molecular weight is 295 g/mol. The molecule has 7 nitrogen and oxygen atoms in total. The largest absolute Gasteiger partial charge is 0.480 e. The highest BCUT2D eigenvalue weighted by molar-refractivity contribution is 7.98. The van der Waals surface area contributed by atoms with Crippen molar-refractivity contribution in [1.29, 1.82) is 0 Å². The van der Waals surface area contributed by atoms with Crippen LogP contribution in [0.15, 0.2) is 0 Å². The molecular formula is C11H21NO6S. The summed E-state index contributed by atoms with van der Waals surface area (Å²) < 4.78 is 5.28. The second-order valence-electron chi connectivity index (χ2n) is 4.74. The van der Waals surface area contributed by atoms with Crippen molar-refractivity contribution in [1.82, 2.24) is 5.32 Å². The van der Waals surface area contributed by atoms with Gasteiger partial charge in [-0.15, -0.1) is 0 Å². The summed E-state index contributed by atoms with van der Waals surface area (Å²) in [4.78, 5) is 11.2. The number of hydrogen-bond donors (Lipinski definition) is 5. The first-order valence-electron chi connectivity index (χ1n) is 5.99. The van der Waals surface area contributed by atoms with Crippen molar-refractivity contribution < 1.29 is 30.0 Å². The summed E-state index contributed by atoms with van der Waals surface area (Å²) in [5.41, 5.74) is -1.40. The number of carbonyl (C=O) groups is 1. The fourth-order valence-electron chi connectivity index (χ4n) is 1.94. The molecule has 19 heavy (non-hydrogen) atoms. The van der Waals surface area contributed by atoms with Gasteiger partial charge in [-0.05, 0) is 25.4 Å². The van der Waals surface area contributed by atoms with Crippen molar-refractivity contribution in [3.8, 4) is 0 Å². The van der Waals surface area contributed by atoms with Gasteiger partial charge in [0.1, 0.15) is 30.1 Å². The lowest BCUT2D eigenvalue weighted by molar-refractivity contribution is -0.243. The number of carboxylic acid groups (broad SMARTS) is 1. The molecule has 1 fully saturated rings. The van der Waals surface area contributed by atoms with E-state index in [1.54, 1.807) is 0 Å². The number of aliphatic hydroxyl groups is 3. The molecule has 0 spiro atoms. The summed E-state index contributed by atoms with van der Waals surface area (Å²) in [5.74, 6) is -0.409. The van der Waals surface area contributed by atoms with Crippen LogP contribution in [0.4, 0.5) is 0 Å². The maximum Gasteiger partial charge on any atom is 0.320 e. The molecule has 0 radical (unpaired) electrons. The lowest BCUT2D eigenvalue weighted by atomic mass is 9.94. The predicted molar refractivity (Wildman–Crippen MR) is 69.9 cm³/mol. The molecule has 0 unspecified atom stereocenters. The van der Waals surface area contributed by atoms with Gasteiger partial charge in [-0.2, -0.15) is 11.8 Å². The number of aliphatic hydroxyl groups excluding tert-OH is 3. The molecule has 1 saturated heterocycles. The van der Waals surface area contributed by atoms with Crippen LogP contribution in [-0.4, -0.2) is 75.1 Å². The third-order valence-corrected chi connectivity index (χ3v) is 3.85. The number of carboxylic acids is 1. The average Bonchev–Trinajstić information content (AvgIpc) is 2.37. The number of nitrogens with one attached hydrogen (secondary N) is 1. The maximum absolute atomic E-state index is 11.2. The van der Waals surface area contributed by atoms with E-state index in [0.717, 1.165) is 0 Å². The van der Waals surface area contributed by atoms with Crippen LogP contribution >= 0.6 is 11.8 Å². The van der Waals surface area contributed by atoms with E-state index >= 15 is 0 Å². The van der Waals surface area contributed by atoms with Crippen LogP contribution in [0.5, 0.6) is 0 Å². The van der Waals surface area contributed by atoms with E-state index in [0.29, 0.717) is 12.2 Å². The number of aliphatic carboxylic acids is 1. The van der Waals surface area contributed by atoms with Crippen LogP contribution in [0.25, 0.3) is 0 Å². The highest BCUT2D eigenvalue weighted by Gasteiger charge is 2.47. The lowest BCUT2D eigenvalue weighted by Gasteiger charge is -2.44. The van der Waals surface area contributed by atoms with Crippen LogP contribution < -0.4 is 5.32 Å². The second kappa shape index (κ2) is 6.87. The minimum absolute atomic E-state index is 0.170. The molecule has 0 saturated carbocycles. The van der Waals surface area contributed by atoms with Gasteiger partial charge < -0.3 is 25.2 Å². The van der Waals surface area contributed by atoms with E-state index in [1.165, 1.54) is 18.7 Å². The zero-order valence-electron chi connectivity index (χ0n) is 10.9. The minimum atomic E-state index is -1.41. The predicted octanol–water partition coefficient (Wildman–Crippen LogP) is -1.39. The fourth-order valence-corrected chi connectivity index (χ4v) is 2.42. The molecule has 0 aromatic heterocycles. The third-order valence-electron chi connectivity index (χ3n) is 3.21. The Morgan fingerprint density at radius 3 is 2.68 bits per heavy atom. The van der Waals surface area contributed by atoms with Crippen LogP contribution in [0.3, 0.4) is 0 Å². The van der Waals surface area contributed by atoms with Crippen LogP contribution in [0.2, 0.25) is 0 Å². The molecule has 0 bridgehead atoms. The standard InChI is InChI=1S/C11H21NO6S/c1-11(9(15)8(14)7(13)5-18-11)12-6(10(16)17)3-4-19-2/h6-9,12-15H,3-5H2,1-2H3,(H,16,17)/t6-,7+,8+,9-,11+/m0/s1. The number of ether oxygens (including phenoxy) is 1. The second-order valence-corrected chi connectivity index (χ2v) is 5.72. The summed E-state index contributed by atoms with van der Waals surface area (Å²) in [6.07, 6.45) is -1.74. The molecule has 0 aromatic rings. The Morgan fingerprint density at radius 1 is 1.53 bits per heavy atom. The van der Waals surface area contributed by atoms with E-state index in [4.69, 9.17) is 9.84 Å². The van der Waals surface area contributed by atoms with Crippen molar-refractivity contribution in [2.24, 2.45) is 0 Å². The Kier molecular flexibility index (Phi) is 6.03. The lowest BCUT2D eigenvalue weighted by Crippen LogP contribution is -2.68. The molecule has 8 heteroatoms. The van der Waals surface area contributed by atoms with Gasteiger partial charge in [-0.1, -0.05) is 0 Å². The van der Waals surface area contributed by atoms with Crippen molar-refractivity contribution >= 4 is 17.7 Å². The highest BCUT2D eigenvalue weighted by Crippen LogP contribution is 2.24. The SMILES string of the molecule is CSCC[C@H](N[C@]1(C)OC[C@@H](O)[C@@H](O)[C@@H]1O)C(=O)O. The molecule has 0 aromatic carbocycles. The zero-order valence-corrected chi connectivity index (χ0v) is 11.8. The summed E-state index contributed by atoms with van der Waals surface area (Å²) in [5, 5.41) is 40.8. The quantitative estimate of drug-likeness (QED) is 0.406. The van der Waals surface area contributed by atoms with E-state index in [1.807, 2.05) is 6.26 Å². The molecule has 1 rings (SSSR count). The summed E-state index contributed by atoms with van der Waals surface area (Å²) >= 11 is 1.51. The minimum Gasteiger partial charge on any atom is -0.480 e. The van der Waals surface area contributed by atoms with Crippen molar-refractivity contribution in [2.75, 3.05) is 18.6 Å². The Balaban J connectivity index is 2.73. The first-order chi connectivity index (χ1) is 8.81. The fraction of sp³-hybridized carbons (Fsp3) is 0.909. The van der Waals surface area contributed by atoms with E-state index < -0.39 is 36.0 Å². The maximum atomic E-state index is 11.2. The van der Waals surface area contributed by atoms with Gasteiger partial charge in [0.05, 0.1) is 6.61 Å². The van der Waals surface area contributed by atoms with Gasteiger partial charge in [-0.3, -0.25) is 10.1 Å². The number of thioether (sulfide) groups is 1. The zero-order chi connectivity index (χ0) is 14.6. The molecule has 0 amide bonds. The van der Waals surface area contributed by atoms with Gasteiger partial charge in [0.2, 0.25) is 0 Å². The Labute approximate surface area is 116 Å². The van der Waals surface area contributed by atoms with E-state index in [9.17, 15) is 20.1 Å². The molecule has 5 atom stereocenters. The molecular weight excluding hydrogens is 274 g/mol. The third kappa shape index (κ3) is 4.04. The van der Waals surface area contributed by atoms with Crippen LogP contribution in [0.1, 0.15) is 13.3 Å². The highest BCUT2D eigenvalue weighted by atomic mass is 32.2. The van der Waals surface area contributed by atoms with Gasteiger partial charge in [0.25, 0.3) is 0 Å². The number of hydrogen-bond acceptors (Lipinski definition) is 7.